The van der Waals surface area contributed by atoms with Crippen LogP contribution in [0, 0.1) is 27.7 Å². The highest BCUT2D eigenvalue weighted by Gasteiger charge is 1.97. The summed E-state index contributed by atoms with van der Waals surface area (Å²) in [6.45, 7) is 12.3. The maximum Gasteiger partial charge on any atom is 0.106 e. The van der Waals surface area contributed by atoms with E-state index in [0.717, 1.165) is 41.7 Å². The van der Waals surface area contributed by atoms with Crippen LogP contribution >= 0.6 is 0 Å². The highest BCUT2D eigenvalue weighted by Crippen LogP contribution is 2.09. The van der Waals surface area contributed by atoms with Gasteiger partial charge in [0.25, 0.3) is 0 Å². The van der Waals surface area contributed by atoms with Crippen LogP contribution in [0.3, 0.4) is 0 Å². The number of aromatic nitrogens is 6. The van der Waals surface area contributed by atoms with Gasteiger partial charge >= 0.3 is 0 Å². The molecule has 3 rings (SSSR count). The zero-order valence-electron chi connectivity index (χ0n) is 19.9. The fraction of sp³-hybridized carbons (Fsp3) is 0.625. The molecule has 3 N–H and O–H groups in total. The van der Waals surface area contributed by atoms with Crippen molar-refractivity contribution in [1.29, 1.82) is 0 Å². The van der Waals surface area contributed by atoms with Crippen molar-refractivity contribution in [2.24, 2.45) is 0 Å². The lowest BCUT2D eigenvalue weighted by atomic mass is 10.1. The van der Waals surface area contributed by atoms with Crippen LogP contribution in [0.1, 0.15) is 93.3 Å². The Balaban J connectivity index is 0.000000250. The number of aryl methyl sites for hydroxylation is 6. The van der Waals surface area contributed by atoms with Gasteiger partial charge in [-0.3, -0.25) is 0 Å². The van der Waals surface area contributed by atoms with E-state index in [4.69, 9.17) is 0 Å². The molecule has 30 heavy (non-hydrogen) atoms. The Morgan fingerprint density at radius 2 is 1.10 bits per heavy atom. The van der Waals surface area contributed by atoms with Gasteiger partial charge in [-0.1, -0.05) is 52.4 Å². The van der Waals surface area contributed by atoms with E-state index in [2.05, 4.69) is 50.7 Å². The van der Waals surface area contributed by atoms with E-state index in [0.29, 0.717) is 0 Å². The molecule has 6 nitrogen and oxygen atoms in total. The average molecular weight is 415 g/mol. The number of nitrogens with zero attached hydrogens (tertiary/aromatic N) is 3. The number of aromatic amines is 3. The third-order valence-electron chi connectivity index (χ3n) is 4.69. The van der Waals surface area contributed by atoms with Gasteiger partial charge in [0.2, 0.25) is 0 Å². The molecule has 168 valence electrons. The number of nitrogens with one attached hydrogen (secondary N) is 3. The molecule has 0 aliphatic carbocycles. The molecule has 0 aliphatic heterocycles. The summed E-state index contributed by atoms with van der Waals surface area (Å²) < 4.78 is 0. The average Bonchev–Trinajstić information content (AvgIpc) is 3.44. The van der Waals surface area contributed by atoms with E-state index in [9.17, 15) is 0 Å². The summed E-state index contributed by atoms with van der Waals surface area (Å²) in [4.78, 5) is 21.8. The quantitative estimate of drug-likeness (QED) is 0.358. The molecule has 0 aromatic carbocycles. The van der Waals surface area contributed by atoms with Gasteiger partial charge in [0.15, 0.2) is 0 Å². The van der Waals surface area contributed by atoms with Crippen molar-refractivity contribution >= 4 is 0 Å². The van der Waals surface area contributed by atoms with Crippen LogP contribution < -0.4 is 0 Å². The van der Waals surface area contributed by atoms with Crippen LogP contribution in [0.5, 0.6) is 0 Å². The fourth-order valence-electron chi connectivity index (χ4n) is 3.03. The van der Waals surface area contributed by atoms with Gasteiger partial charge in [0, 0.05) is 48.5 Å². The summed E-state index contributed by atoms with van der Waals surface area (Å²) in [5, 5.41) is 0. The van der Waals surface area contributed by atoms with Crippen LogP contribution in [-0.2, 0) is 12.8 Å². The molecule has 0 bridgehead atoms. The van der Waals surface area contributed by atoms with Gasteiger partial charge < -0.3 is 15.0 Å². The highest BCUT2D eigenvalue weighted by atomic mass is 14.9. The number of hydrogen-bond donors (Lipinski definition) is 3. The molecule has 0 aliphatic rings. The smallest absolute Gasteiger partial charge is 0.106 e. The van der Waals surface area contributed by atoms with Gasteiger partial charge in [-0.05, 0) is 34.1 Å². The molecular weight excluding hydrogens is 372 g/mol. The van der Waals surface area contributed by atoms with Crippen molar-refractivity contribution in [3.63, 3.8) is 0 Å². The summed E-state index contributed by atoms with van der Waals surface area (Å²) in [6, 6.07) is 0. The minimum absolute atomic E-state index is 0.984. The lowest BCUT2D eigenvalue weighted by Crippen LogP contribution is -1.89. The van der Waals surface area contributed by atoms with Gasteiger partial charge in [0.05, 0.1) is 0 Å². The Morgan fingerprint density at radius 3 is 1.47 bits per heavy atom. The number of unbranched alkanes of at least 4 members (excludes halogenated alkanes) is 6. The summed E-state index contributed by atoms with van der Waals surface area (Å²) in [6.07, 6.45) is 17.3. The minimum atomic E-state index is 0.984. The summed E-state index contributed by atoms with van der Waals surface area (Å²) in [5.74, 6) is 3.21. The molecule has 3 aromatic rings. The maximum atomic E-state index is 4.31. The standard InChI is InChI=1S/C13H24N2.C6H10N2.C5H8N2/c1-3-4-5-6-7-8-9-10-13-14-11-12(2)15-13;1-3-6-7-4-5(2)8-6;1-4-3-6-5(2)7-4/h11H,3-10H2,1-2H3,(H,14,15);4H,3H2,1-2H3,(H,7,8);3H,1-2H3,(H,6,7). The Morgan fingerprint density at radius 1 is 0.600 bits per heavy atom. The van der Waals surface area contributed by atoms with E-state index in [1.165, 1.54) is 50.6 Å². The van der Waals surface area contributed by atoms with Gasteiger partial charge in [-0.15, -0.1) is 0 Å². The Hall–Kier alpha value is -2.37. The normalized spacial score (nSPS) is 10.2. The van der Waals surface area contributed by atoms with Crippen molar-refractivity contribution in [3.05, 3.63) is 53.1 Å². The summed E-state index contributed by atoms with van der Waals surface area (Å²) in [5.41, 5.74) is 3.44. The van der Waals surface area contributed by atoms with Crippen LogP contribution in [-0.4, -0.2) is 29.9 Å². The second-order valence-corrected chi connectivity index (χ2v) is 7.90. The summed E-state index contributed by atoms with van der Waals surface area (Å²) in [7, 11) is 0. The van der Waals surface area contributed by atoms with Crippen LogP contribution in [0.4, 0.5) is 0 Å². The second-order valence-electron chi connectivity index (χ2n) is 7.90. The van der Waals surface area contributed by atoms with Crippen LogP contribution in [0.25, 0.3) is 0 Å². The topological polar surface area (TPSA) is 86.0 Å². The molecule has 0 unspecified atom stereocenters. The van der Waals surface area contributed by atoms with Crippen molar-refractivity contribution in [2.75, 3.05) is 0 Å². The monoisotopic (exact) mass is 414 g/mol. The minimum Gasteiger partial charge on any atom is -0.346 e. The molecule has 0 atom stereocenters. The molecular formula is C24H42N6. The van der Waals surface area contributed by atoms with E-state index in [-0.39, 0.29) is 0 Å². The van der Waals surface area contributed by atoms with Gasteiger partial charge in [0.1, 0.15) is 17.5 Å². The number of imidazole rings is 3. The third-order valence-corrected chi connectivity index (χ3v) is 4.69. The van der Waals surface area contributed by atoms with Crippen molar-refractivity contribution in [3.8, 4) is 0 Å². The number of H-pyrrole nitrogens is 3. The lowest BCUT2D eigenvalue weighted by molar-refractivity contribution is 0.585. The SMILES string of the molecule is CCCCCCCCCc1ncc(C)[nH]1.CCc1ncc(C)[nH]1.Cc1cnc(C)[nH]1. The molecule has 0 saturated heterocycles. The third kappa shape index (κ3) is 12.2. The summed E-state index contributed by atoms with van der Waals surface area (Å²) >= 11 is 0. The van der Waals surface area contributed by atoms with E-state index >= 15 is 0 Å². The zero-order chi connectivity index (χ0) is 22.2. The van der Waals surface area contributed by atoms with Crippen molar-refractivity contribution in [2.45, 2.75) is 99.3 Å². The molecule has 3 aromatic heterocycles. The van der Waals surface area contributed by atoms with Crippen molar-refractivity contribution < 1.29 is 0 Å². The molecule has 3 heterocycles. The zero-order valence-corrected chi connectivity index (χ0v) is 19.9. The molecule has 0 saturated carbocycles. The van der Waals surface area contributed by atoms with E-state index < -0.39 is 0 Å². The van der Waals surface area contributed by atoms with Crippen LogP contribution in [0.2, 0.25) is 0 Å². The van der Waals surface area contributed by atoms with Gasteiger partial charge in [-0.2, -0.15) is 0 Å². The number of rotatable bonds is 9. The van der Waals surface area contributed by atoms with Crippen molar-refractivity contribution in [1.82, 2.24) is 29.9 Å². The predicted octanol–water partition coefficient (Wildman–Crippen LogP) is 6.32. The Bertz CT molecular complexity index is 767. The molecule has 0 radical (unpaired) electrons. The second kappa shape index (κ2) is 15.5. The first-order valence-corrected chi connectivity index (χ1v) is 11.4. The van der Waals surface area contributed by atoms with Crippen LogP contribution in [0.15, 0.2) is 18.6 Å². The number of hydrogen-bond acceptors (Lipinski definition) is 3. The molecule has 6 heteroatoms. The first-order valence-electron chi connectivity index (χ1n) is 11.4. The first-order chi connectivity index (χ1) is 14.4. The maximum absolute atomic E-state index is 4.31. The molecule has 0 spiro atoms. The molecule has 0 fully saturated rings. The molecule has 0 amide bonds. The lowest BCUT2D eigenvalue weighted by Gasteiger charge is -1.99. The Labute approximate surface area is 182 Å². The van der Waals surface area contributed by atoms with E-state index in [1.807, 2.05) is 39.4 Å². The van der Waals surface area contributed by atoms with Gasteiger partial charge in [-0.25, -0.2) is 15.0 Å². The fourth-order valence-corrected chi connectivity index (χ4v) is 3.03. The first kappa shape index (κ1) is 25.7. The largest absolute Gasteiger partial charge is 0.346 e. The Kier molecular flexibility index (Phi) is 13.2. The van der Waals surface area contributed by atoms with E-state index in [1.54, 1.807) is 0 Å². The predicted molar refractivity (Wildman–Crippen MR) is 126 cm³/mol. The highest BCUT2D eigenvalue weighted by molar-refractivity contribution is 4.98.